The fourth-order valence-electron chi connectivity index (χ4n) is 1.72. The van der Waals surface area contributed by atoms with Gasteiger partial charge in [0.05, 0.1) is 17.9 Å². The highest BCUT2D eigenvalue weighted by atomic mass is 79.9. The van der Waals surface area contributed by atoms with Crippen LogP contribution in [0.15, 0.2) is 34.5 Å². The number of aliphatic hydroxyl groups excluding tert-OH is 1. The van der Waals surface area contributed by atoms with E-state index in [0.29, 0.717) is 10.6 Å². The van der Waals surface area contributed by atoms with Crippen molar-refractivity contribution >= 4 is 27.5 Å². The molecule has 1 unspecified atom stereocenters. The van der Waals surface area contributed by atoms with E-state index in [2.05, 4.69) is 15.9 Å². The summed E-state index contributed by atoms with van der Waals surface area (Å²) in [4.78, 5) is 0. The first-order chi connectivity index (χ1) is 7.70. The molecule has 1 heterocycles. The molecular formula is C12H12BrClO2. The Morgan fingerprint density at radius 2 is 2.25 bits per heavy atom. The number of benzene rings is 1. The monoisotopic (exact) mass is 302 g/mol. The number of halogens is 2. The third-order valence-electron chi connectivity index (χ3n) is 2.59. The van der Waals surface area contributed by atoms with Crippen LogP contribution in [0.4, 0.5) is 0 Å². The lowest BCUT2D eigenvalue weighted by atomic mass is 9.98. The van der Waals surface area contributed by atoms with Gasteiger partial charge in [-0.15, -0.1) is 0 Å². The maximum absolute atomic E-state index is 10.2. The zero-order valence-electron chi connectivity index (χ0n) is 8.62. The second-order valence-electron chi connectivity index (χ2n) is 3.71. The molecule has 1 aliphatic heterocycles. The van der Waals surface area contributed by atoms with Crippen LogP contribution in [0.2, 0.25) is 5.02 Å². The van der Waals surface area contributed by atoms with Crippen LogP contribution in [-0.2, 0) is 4.74 Å². The smallest absolute Gasteiger partial charge is 0.105 e. The molecule has 0 fully saturated rings. The molecular weight excluding hydrogens is 291 g/mol. The Bertz CT molecular complexity index is 417. The van der Waals surface area contributed by atoms with Gasteiger partial charge in [0.2, 0.25) is 0 Å². The molecule has 0 saturated carbocycles. The van der Waals surface area contributed by atoms with Crippen LogP contribution in [-0.4, -0.2) is 11.7 Å². The normalized spacial score (nSPS) is 17.6. The molecule has 16 heavy (non-hydrogen) atoms. The number of rotatable bonds is 2. The molecule has 1 aromatic carbocycles. The van der Waals surface area contributed by atoms with Crippen molar-refractivity contribution in [3.8, 4) is 0 Å². The first kappa shape index (κ1) is 12.0. The molecule has 1 N–H and O–H groups in total. The van der Waals surface area contributed by atoms with Crippen molar-refractivity contribution in [2.24, 2.45) is 0 Å². The van der Waals surface area contributed by atoms with Crippen molar-refractivity contribution in [2.75, 3.05) is 6.61 Å². The Labute approximate surface area is 108 Å². The van der Waals surface area contributed by atoms with Gasteiger partial charge in [-0.1, -0.05) is 23.7 Å². The van der Waals surface area contributed by atoms with E-state index >= 15 is 0 Å². The van der Waals surface area contributed by atoms with Gasteiger partial charge in [0.1, 0.15) is 6.10 Å². The lowest BCUT2D eigenvalue weighted by molar-refractivity contribution is 0.170. The minimum Gasteiger partial charge on any atom is -0.501 e. The van der Waals surface area contributed by atoms with Gasteiger partial charge in [0.15, 0.2) is 0 Å². The Balaban J connectivity index is 2.29. The molecule has 0 spiro atoms. The fraction of sp³-hybridized carbons (Fsp3) is 0.333. The lowest BCUT2D eigenvalue weighted by Crippen LogP contribution is -2.08. The molecule has 1 atom stereocenters. The first-order valence-electron chi connectivity index (χ1n) is 5.12. The molecule has 1 aliphatic rings. The average Bonchev–Trinajstić information content (AvgIpc) is 2.33. The highest BCUT2D eigenvalue weighted by Gasteiger charge is 2.19. The van der Waals surface area contributed by atoms with Gasteiger partial charge in [0, 0.05) is 10.0 Å². The SMILES string of the molecule is OC(C1=COCCC1)c1cccc(Br)c1Cl. The summed E-state index contributed by atoms with van der Waals surface area (Å²) in [6.07, 6.45) is 2.76. The summed E-state index contributed by atoms with van der Waals surface area (Å²) in [5.74, 6) is 0. The molecule has 0 saturated heterocycles. The number of hydrogen-bond acceptors (Lipinski definition) is 2. The molecule has 0 aromatic heterocycles. The zero-order valence-corrected chi connectivity index (χ0v) is 11.0. The van der Waals surface area contributed by atoms with Crippen molar-refractivity contribution in [1.29, 1.82) is 0 Å². The van der Waals surface area contributed by atoms with Crippen LogP contribution in [0.1, 0.15) is 24.5 Å². The molecule has 0 radical (unpaired) electrons. The first-order valence-corrected chi connectivity index (χ1v) is 6.30. The quantitative estimate of drug-likeness (QED) is 0.900. The Kier molecular flexibility index (Phi) is 3.90. The van der Waals surface area contributed by atoms with E-state index in [-0.39, 0.29) is 0 Å². The summed E-state index contributed by atoms with van der Waals surface area (Å²) in [5, 5.41) is 10.8. The maximum atomic E-state index is 10.2. The predicted molar refractivity (Wildman–Crippen MR) is 67.4 cm³/mol. The summed E-state index contributed by atoms with van der Waals surface area (Å²) < 4.78 is 6.01. The largest absolute Gasteiger partial charge is 0.501 e. The minimum atomic E-state index is -0.676. The summed E-state index contributed by atoms with van der Waals surface area (Å²) >= 11 is 9.48. The van der Waals surface area contributed by atoms with E-state index in [0.717, 1.165) is 29.5 Å². The Hall–Kier alpha value is -0.510. The van der Waals surface area contributed by atoms with Crippen molar-refractivity contribution in [2.45, 2.75) is 18.9 Å². The second-order valence-corrected chi connectivity index (χ2v) is 4.94. The summed E-state index contributed by atoms with van der Waals surface area (Å²) in [5.41, 5.74) is 1.60. The highest BCUT2D eigenvalue weighted by molar-refractivity contribution is 9.10. The molecule has 4 heteroatoms. The van der Waals surface area contributed by atoms with E-state index in [1.54, 1.807) is 6.26 Å². The molecule has 0 amide bonds. The van der Waals surface area contributed by atoms with Crippen LogP contribution in [0, 0.1) is 0 Å². The molecule has 0 bridgehead atoms. The standard InChI is InChI=1S/C12H12BrClO2/c13-10-5-1-4-9(11(10)14)12(15)8-3-2-6-16-7-8/h1,4-5,7,12,15H,2-3,6H2. The topological polar surface area (TPSA) is 29.5 Å². The molecule has 2 nitrogen and oxygen atoms in total. The summed E-state index contributed by atoms with van der Waals surface area (Å²) in [6, 6.07) is 5.54. The van der Waals surface area contributed by atoms with Gasteiger partial charge < -0.3 is 9.84 Å². The van der Waals surface area contributed by atoms with Gasteiger partial charge in [-0.05, 0) is 40.4 Å². The van der Waals surface area contributed by atoms with Gasteiger partial charge in [0.25, 0.3) is 0 Å². The molecule has 0 aliphatic carbocycles. The van der Waals surface area contributed by atoms with E-state index < -0.39 is 6.10 Å². The van der Waals surface area contributed by atoms with Crippen LogP contribution < -0.4 is 0 Å². The van der Waals surface area contributed by atoms with E-state index in [1.165, 1.54) is 0 Å². The average molecular weight is 304 g/mol. The highest BCUT2D eigenvalue weighted by Crippen LogP contribution is 2.35. The Morgan fingerprint density at radius 3 is 2.94 bits per heavy atom. The summed E-state index contributed by atoms with van der Waals surface area (Å²) in [6.45, 7) is 0.725. The number of hydrogen-bond donors (Lipinski definition) is 1. The third kappa shape index (κ3) is 2.42. The van der Waals surface area contributed by atoms with Crippen molar-refractivity contribution in [1.82, 2.24) is 0 Å². The van der Waals surface area contributed by atoms with Crippen molar-refractivity contribution < 1.29 is 9.84 Å². The molecule has 86 valence electrons. The van der Waals surface area contributed by atoms with Gasteiger partial charge in [-0.3, -0.25) is 0 Å². The Morgan fingerprint density at radius 1 is 1.44 bits per heavy atom. The number of aliphatic hydroxyl groups is 1. The minimum absolute atomic E-state index is 0.557. The van der Waals surface area contributed by atoms with Crippen molar-refractivity contribution in [3.63, 3.8) is 0 Å². The third-order valence-corrected chi connectivity index (χ3v) is 3.90. The van der Waals surface area contributed by atoms with Crippen LogP contribution >= 0.6 is 27.5 Å². The second kappa shape index (κ2) is 5.21. The summed E-state index contributed by atoms with van der Waals surface area (Å²) in [7, 11) is 0. The fourth-order valence-corrected chi connectivity index (χ4v) is 2.33. The van der Waals surface area contributed by atoms with Crippen LogP contribution in [0.3, 0.4) is 0 Å². The van der Waals surface area contributed by atoms with Gasteiger partial charge in [-0.25, -0.2) is 0 Å². The number of ether oxygens (including phenoxy) is 1. The van der Waals surface area contributed by atoms with Crippen molar-refractivity contribution in [3.05, 3.63) is 45.1 Å². The van der Waals surface area contributed by atoms with E-state index in [9.17, 15) is 5.11 Å². The lowest BCUT2D eigenvalue weighted by Gasteiger charge is -2.20. The van der Waals surface area contributed by atoms with E-state index in [4.69, 9.17) is 16.3 Å². The molecule has 1 aromatic rings. The van der Waals surface area contributed by atoms with Gasteiger partial charge in [-0.2, -0.15) is 0 Å². The van der Waals surface area contributed by atoms with E-state index in [1.807, 2.05) is 18.2 Å². The van der Waals surface area contributed by atoms with Crippen LogP contribution in [0.5, 0.6) is 0 Å². The van der Waals surface area contributed by atoms with Crippen LogP contribution in [0.25, 0.3) is 0 Å². The predicted octanol–water partition coefficient (Wildman–Crippen LogP) is 3.83. The maximum Gasteiger partial charge on any atom is 0.105 e. The zero-order chi connectivity index (χ0) is 11.5. The molecule has 2 rings (SSSR count). The van der Waals surface area contributed by atoms with Gasteiger partial charge >= 0.3 is 0 Å².